The third-order valence-corrected chi connectivity index (χ3v) is 3.58. The Morgan fingerprint density at radius 2 is 1.95 bits per heavy atom. The van der Waals surface area contributed by atoms with Crippen molar-refractivity contribution in [1.29, 1.82) is 5.26 Å². The maximum Gasteiger partial charge on any atom is 0.0722 e. The van der Waals surface area contributed by atoms with Gasteiger partial charge in [0.2, 0.25) is 0 Å². The van der Waals surface area contributed by atoms with Gasteiger partial charge in [-0.1, -0.05) is 34.8 Å². The zero-order chi connectivity index (χ0) is 14.0. The van der Waals surface area contributed by atoms with Gasteiger partial charge in [0.05, 0.1) is 40.1 Å². The molecule has 2 N–H and O–H groups in total. The summed E-state index contributed by atoms with van der Waals surface area (Å²) >= 11 is 18.1. The van der Waals surface area contributed by atoms with Crippen molar-refractivity contribution >= 4 is 40.5 Å². The van der Waals surface area contributed by atoms with Crippen molar-refractivity contribution in [3.8, 4) is 17.3 Å². The molecule has 1 heterocycles. The molecule has 0 saturated carbocycles. The largest absolute Gasteiger partial charge is 0.397 e. The lowest BCUT2D eigenvalue weighted by Crippen LogP contribution is -1.97. The first-order chi connectivity index (χ1) is 9.02. The topological polar surface area (TPSA) is 62.7 Å². The molecule has 0 amide bonds. The van der Waals surface area contributed by atoms with Crippen molar-refractivity contribution in [3.63, 3.8) is 0 Å². The smallest absolute Gasteiger partial charge is 0.0722 e. The van der Waals surface area contributed by atoms with E-state index in [0.29, 0.717) is 37.6 Å². The van der Waals surface area contributed by atoms with Crippen LogP contribution in [-0.2, 0) is 6.42 Å². The Morgan fingerprint density at radius 1 is 1.21 bits per heavy atom. The Bertz CT molecular complexity index is 678. The van der Waals surface area contributed by atoms with Crippen molar-refractivity contribution in [3.05, 3.63) is 45.0 Å². The summed E-state index contributed by atoms with van der Waals surface area (Å²) in [7, 11) is 0. The summed E-state index contributed by atoms with van der Waals surface area (Å²) in [6.45, 7) is 0. The molecule has 0 atom stereocenters. The fourth-order valence-electron chi connectivity index (χ4n) is 1.64. The maximum absolute atomic E-state index is 8.75. The number of hydrogen-bond acceptors (Lipinski definition) is 3. The van der Waals surface area contributed by atoms with E-state index in [-0.39, 0.29) is 6.42 Å². The van der Waals surface area contributed by atoms with E-state index in [1.54, 1.807) is 18.2 Å². The minimum atomic E-state index is 0.202. The average molecular weight is 313 g/mol. The molecule has 0 bridgehead atoms. The van der Waals surface area contributed by atoms with Gasteiger partial charge in [-0.15, -0.1) is 0 Å². The van der Waals surface area contributed by atoms with Crippen molar-refractivity contribution in [1.82, 2.24) is 4.98 Å². The van der Waals surface area contributed by atoms with E-state index in [1.165, 1.54) is 6.20 Å². The number of hydrogen-bond donors (Lipinski definition) is 1. The summed E-state index contributed by atoms with van der Waals surface area (Å²) in [4.78, 5) is 4.20. The minimum Gasteiger partial charge on any atom is -0.397 e. The second kappa shape index (κ2) is 5.66. The third-order valence-electron chi connectivity index (χ3n) is 2.56. The number of nitriles is 1. The molecule has 0 saturated heterocycles. The summed E-state index contributed by atoms with van der Waals surface area (Å²) in [6.07, 6.45) is 1.69. The quantitative estimate of drug-likeness (QED) is 0.838. The fraction of sp³-hybridized carbons (Fsp3) is 0.0769. The summed E-state index contributed by atoms with van der Waals surface area (Å²) in [6, 6.07) is 6.99. The Balaban J connectivity index is 2.60. The number of aromatic nitrogens is 1. The highest BCUT2D eigenvalue weighted by Crippen LogP contribution is 2.36. The Hall–Kier alpha value is -1.47. The first-order valence-corrected chi connectivity index (χ1v) is 6.42. The zero-order valence-electron chi connectivity index (χ0n) is 9.62. The number of nitrogen functional groups attached to an aromatic ring is 1. The summed E-state index contributed by atoms with van der Waals surface area (Å²) < 4.78 is 0. The van der Waals surface area contributed by atoms with Crippen LogP contribution in [0.4, 0.5) is 5.69 Å². The molecule has 0 aliphatic rings. The molecule has 1 aromatic carbocycles. The van der Waals surface area contributed by atoms with Gasteiger partial charge in [0.1, 0.15) is 0 Å². The highest BCUT2D eigenvalue weighted by atomic mass is 35.5. The number of nitrogens with two attached hydrogens (primary N) is 1. The SMILES string of the molecule is N#CCc1cc(-c2cc(Cl)cc(Cl)c2Cl)ncc1N. The van der Waals surface area contributed by atoms with E-state index in [9.17, 15) is 0 Å². The van der Waals surface area contributed by atoms with Gasteiger partial charge in [-0.2, -0.15) is 5.26 Å². The van der Waals surface area contributed by atoms with Gasteiger partial charge >= 0.3 is 0 Å². The van der Waals surface area contributed by atoms with Crippen LogP contribution in [0.2, 0.25) is 15.1 Å². The predicted octanol–water partition coefficient (Wildman–Crippen LogP) is 4.36. The van der Waals surface area contributed by atoms with Crippen LogP contribution in [0.5, 0.6) is 0 Å². The van der Waals surface area contributed by atoms with Gasteiger partial charge in [0.15, 0.2) is 0 Å². The second-order valence-electron chi connectivity index (χ2n) is 3.85. The van der Waals surface area contributed by atoms with Gasteiger partial charge in [-0.3, -0.25) is 4.98 Å². The Labute approximate surface area is 125 Å². The number of nitrogens with zero attached hydrogens (tertiary/aromatic N) is 2. The average Bonchev–Trinajstić information content (AvgIpc) is 2.37. The van der Waals surface area contributed by atoms with Crippen LogP contribution in [0.3, 0.4) is 0 Å². The van der Waals surface area contributed by atoms with E-state index < -0.39 is 0 Å². The monoisotopic (exact) mass is 311 g/mol. The molecule has 2 rings (SSSR count). The summed E-state index contributed by atoms with van der Waals surface area (Å²) in [5, 5.41) is 9.94. The Morgan fingerprint density at radius 3 is 2.63 bits per heavy atom. The van der Waals surface area contributed by atoms with Crippen molar-refractivity contribution in [2.24, 2.45) is 0 Å². The van der Waals surface area contributed by atoms with Gasteiger partial charge in [0.25, 0.3) is 0 Å². The van der Waals surface area contributed by atoms with Crippen molar-refractivity contribution < 1.29 is 0 Å². The maximum atomic E-state index is 8.75. The molecule has 0 fully saturated rings. The standard InChI is InChI=1S/C13H8Cl3N3/c14-8-4-9(13(16)10(15)5-8)12-3-7(1-2-17)11(18)6-19-12/h3-6H,1,18H2. The highest BCUT2D eigenvalue weighted by Gasteiger charge is 2.12. The minimum absolute atomic E-state index is 0.202. The van der Waals surface area contributed by atoms with E-state index in [4.69, 9.17) is 45.8 Å². The molecule has 6 heteroatoms. The number of pyridine rings is 1. The number of benzene rings is 1. The molecule has 0 spiro atoms. The van der Waals surface area contributed by atoms with Gasteiger partial charge in [-0.25, -0.2) is 0 Å². The number of anilines is 1. The lowest BCUT2D eigenvalue weighted by Gasteiger charge is -2.09. The molecule has 0 aliphatic carbocycles. The zero-order valence-corrected chi connectivity index (χ0v) is 11.9. The highest BCUT2D eigenvalue weighted by molar-refractivity contribution is 6.45. The van der Waals surface area contributed by atoms with E-state index >= 15 is 0 Å². The molecule has 96 valence electrons. The van der Waals surface area contributed by atoms with Gasteiger partial charge in [0, 0.05) is 10.6 Å². The predicted molar refractivity (Wildman–Crippen MR) is 78.4 cm³/mol. The number of halogens is 3. The number of rotatable bonds is 2. The van der Waals surface area contributed by atoms with Crippen LogP contribution in [0.1, 0.15) is 5.56 Å². The third kappa shape index (κ3) is 2.93. The van der Waals surface area contributed by atoms with Crippen LogP contribution in [0.15, 0.2) is 24.4 Å². The van der Waals surface area contributed by atoms with Gasteiger partial charge in [-0.05, 0) is 23.8 Å². The van der Waals surface area contributed by atoms with Crippen LogP contribution >= 0.6 is 34.8 Å². The Kier molecular flexibility index (Phi) is 4.16. The lowest BCUT2D eigenvalue weighted by molar-refractivity contribution is 1.22. The second-order valence-corrected chi connectivity index (χ2v) is 5.07. The molecule has 1 aromatic heterocycles. The first-order valence-electron chi connectivity index (χ1n) is 5.29. The van der Waals surface area contributed by atoms with E-state index in [0.717, 1.165) is 0 Å². The molecule has 3 nitrogen and oxygen atoms in total. The van der Waals surface area contributed by atoms with Gasteiger partial charge < -0.3 is 5.73 Å². The van der Waals surface area contributed by atoms with E-state index in [1.807, 2.05) is 6.07 Å². The molecular weight excluding hydrogens is 305 g/mol. The van der Waals surface area contributed by atoms with Crippen LogP contribution in [0.25, 0.3) is 11.3 Å². The molecule has 19 heavy (non-hydrogen) atoms. The van der Waals surface area contributed by atoms with Crippen molar-refractivity contribution in [2.45, 2.75) is 6.42 Å². The molecular formula is C13H8Cl3N3. The van der Waals surface area contributed by atoms with E-state index in [2.05, 4.69) is 4.98 Å². The van der Waals surface area contributed by atoms with Crippen LogP contribution in [-0.4, -0.2) is 4.98 Å². The normalized spacial score (nSPS) is 10.2. The first kappa shape index (κ1) is 14.0. The molecule has 0 aliphatic heterocycles. The molecule has 2 aromatic rings. The van der Waals surface area contributed by atoms with Crippen molar-refractivity contribution in [2.75, 3.05) is 5.73 Å². The lowest BCUT2D eigenvalue weighted by atomic mass is 10.1. The van der Waals surface area contributed by atoms with Crippen LogP contribution in [0, 0.1) is 11.3 Å². The summed E-state index contributed by atoms with van der Waals surface area (Å²) in [5.74, 6) is 0. The van der Waals surface area contributed by atoms with Crippen LogP contribution < -0.4 is 5.73 Å². The molecule has 0 radical (unpaired) electrons. The summed E-state index contributed by atoms with van der Waals surface area (Å²) in [5.41, 5.74) is 8.10. The molecule has 0 unspecified atom stereocenters. The fourth-order valence-corrected chi connectivity index (χ4v) is 2.33.